The average Bonchev–Trinajstić information content (AvgIpc) is 2.82. The molecule has 0 fully saturated rings. The van der Waals surface area contributed by atoms with Crippen molar-refractivity contribution in [2.24, 2.45) is 0 Å². The molecule has 2 rings (SSSR count). The summed E-state index contributed by atoms with van der Waals surface area (Å²) in [5, 5.41) is 9.81. The largest absolute Gasteiger partial charge is 0.369 e. The molecule has 2 heterocycles. The highest BCUT2D eigenvalue weighted by Gasteiger charge is 2.00. The lowest BCUT2D eigenvalue weighted by atomic mass is 10.4. The Bertz CT molecular complexity index is 451. The third-order valence-electron chi connectivity index (χ3n) is 2.24. The molecule has 17 heavy (non-hydrogen) atoms. The Kier molecular flexibility index (Phi) is 3.49. The zero-order chi connectivity index (χ0) is 12.1. The number of anilines is 2. The smallest absolute Gasteiger partial charge is 0.137 e. The molecule has 0 aromatic carbocycles. The Labute approximate surface area is 99.3 Å². The van der Waals surface area contributed by atoms with Gasteiger partial charge in [0.05, 0.1) is 0 Å². The average molecular weight is 233 g/mol. The van der Waals surface area contributed by atoms with Crippen LogP contribution in [0.15, 0.2) is 18.7 Å². The van der Waals surface area contributed by atoms with Gasteiger partial charge < -0.3 is 10.2 Å². The van der Waals surface area contributed by atoms with Crippen molar-refractivity contribution in [3.05, 3.63) is 24.5 Å². The first-order valence-electron chi connectivity index (χ1n) is 5.33. The Morgan fingerprint density at radius 1 is 1.24 bits per heavy atom. The highest BCUT2D eigenvalue weighted by atomic mass is 15.2. The molecule has 2 aromatic rings. The van der Waals surface area contributed by atoms with Crippen molar-refractivity contribution in [1.82, 2.24) is 25.1 Å². The molecule has 0 aliphatic heterocycles. The second-order valence-electron chi connectivity index (χ2n) is 3.76. The minimum Gasteiger partial charge on any atom is -0.369 e. The monoisotopic (exact) mass is 233 g/mol. The van der Waals surface area contributed by atoms with E-state index < -0.39 is 0 Å². The van der Waals surface area contributed by atoms with E-state index in [0.29, 0.717) is 0 Å². The zero-order valence-corrected chi connectivity index (χ0v) is 9.88. The highest BCUT2D eigenvalue weighted by Crippen LogP contribution is 2.10. The summed E-state index contributed by atoms with van der Waals surface area (Å²) >= 11 is 0. The van der Waals surface area contributed by atoms with E-state index in [4.69, 9.17) is 0 Å². The SMILES string of the molecule is CN(C)c1cc(NCCc2ncn[nH]2)ncn1. The lowest BCUT2D eigenvalue weighted by molar-refractivity contribution is 0.895. The molecule has 0 aliphatic rings. The third kappa shape index (κ3) is 3.13. The van der Waals surface area contributed by atoms with Crippen LogP contribution in [0.25, 0.3) is 0 Å². The predicted octanol–water partition coefficient (Wildman–Crippen LogP) is 0.315. The summed E-state index contributed by atoms with van der Waals surface area (Å²) < 4.78 is 0. The molecule has 0 unspecified atom stereocenters. The van der Waals surface area contributed by atoms with Gasteiger partial charge in [0.15, 0.2) is 0 Å². The molecular formula is C10H15N7. The Morgan fingerprint density at radius 3 is 2.82 bits per heavy atom. The van der Waals surface area contributed by atoms with E-state index >= 15 is 0 Å². The normalized spacial score (nSPS) is 10.2. The number of rotatable bonds is 5. The third-order valence-corrected chi connectivity index (χ3v) is 2.24. The van der Waals surface area contributed by atoms with Gasteiger partial charge in [0.25, 0.3) is 0 Å². The maximum Gasteiger partial charge on any atom is 0.137 e. The van der Waals surface area contributed by atoms with E-state index in [1.807, 2.05) is 25.1 Å². The quantitative estimate of drug-likeness (QED) is 0.773. The van der Waals surface area contributed by atoms with Gasteiger partial charge in [-0.15, -0.1) is 0 Å². The van der Waals surface area contributed by atoms with Crippen LogP contribution in [0.3, 0.4) is 0 Å². The van der Waals surface area contributed by atoms with E-state index in [1.165, 1.54) is 6.33 Å². The first kappa shape index (κ1) is 11.3. The van der Waals surface area contributed by atoms with Crippen molar-refractivity contribution < 1.29 is 0 Å². The van der Waals surface area contributed by atoms with Crippen molar-refractivity contribution in [3.63, 3.8) is 0 Å². The number of hydrogen-bond donors (Lipinski definition) is 2. The van der Waals surface area contributed by atoms with E-state index in [2.05, 4.69) is 30.5 Å². The van der Waals surface area contributed by atoms with Gasteiger partial charge in [0.1, 0.15) is 30.1 Å². The van der Waals surface area contributed by atoms with Crippen molar-refractivity contribution in [3.8, 4) is 0 Å². The molecule has 2 aromatic heterocycles. The van der Waals surface area contributed by atoms with Crippen LogP contribution < -0.4 is 10.2 Å². The molecule has 0 atom stereocenters. The summed E-state index contributed by atoms with van der Waals surface area (Å²) in [4.78, 5) is 14.3. The maximum absolute atomic E-state index is 4.15. The number of nitrogens with zero attached hydrogens (tertiary/aromatic N) is 5. The molecule has 0 amide bonds. The summed E-state index contributed by atoms with van der Waals surface area (Å²) in [6, 6.07) is 1.90. The molecular weight excluding hydrogens is 218 g/mol. The summed E-state index contributed by atoms with van der Waals surface area (Å²) in [6.07, 6.45) is 3.83. The Morgan fingerprint density at radius 2 is 2.12 bits per heavy atom. The summed E-state index contributed by atoms with van der Waals surface area (Å²) in [5.74, 6) is 2.55. The van der Waals surface area contributed by atoms with Crippen molar-refractivity contribution >= 4 is 11.6 Å². The van der Waals surface area contributed by atoms with Gasteiger partial charge in [0.2, 0.25) is 0 Å². The van der Waals surface area contributed by atoms with E-state index in [9.17, 15) is 0 Å². The van der Waals surface area contributed by atoms with Crippen LogP contribution in [0.2, 0.25) is 0 Å². The number of H-pyrrole nitrogens is 1. The molecule has 0 aliphatic carbocycles. The van der Waals surface area contributed by atoms with Gasteiger partial charge in [-0.3, -0.25) is 5.10 Å². The predicted molar refractivity (Wildman–Crippen MR) is 64.9 cm³/mol. The first-order valence-corrected chi connectivity index (χ1v) is 5.33. The lowest BCUT2D eigenvalue weighted by Gasteiger charge is -2.12. The van der Waals surface area contributed by atoms with Crippen LogP contribution >= 0.6 is 0 Å². The number of aromatic nitrogens is 5. The fourth-order valence-corrected chi connectivity index (χ4v) is 1.35. The van der Waals surface area contributed by atoms with Crippen LogP contribution in [0, 0.1) is 0 Å². The number of hydrogen-bond acceptors (Lipinski definition) is 6. The van der Waals surface area contributed by atoms with Crippen LogP contribution in [-0.2, 0) is 6.42 Å². The van der Waals surface area contributed by atoms with E-state index in [0.717, 1.165) is 30.4 Å². The van der Waals surface area contributed by atoms with Crippen molar-refractivity contribution in [2.75, 3.05) is 30.9 Å². The number of nitrogens with one attached hydrogen (secondary N) is 2. The molecule has 7 heteroatoms. The fourth-order valence-electron chi connectivity index (χ4n) is 1.35. The molecule has 0 saturated heterocycles. The molecule has 0 bridgehead atoms. The molecule has 7 nitrogen and oxygen atoms in total. The van der Waals surface area contributed by atoms with Crippen LogP contribution in [-0.4, -0.2) is 45.8 Å². The Balaban J connectivity index is 1.88. The van der Waals surface area contributed by atoms with Crippen molar-refractivity contribution in [2.45, 2.75) is 6.42 Å². The molecule has 90 valence electrons. The molecule has 0 radical (unpaired) electrons. The van der Waals surface area contributed by atoms with Gasteiger partial charge in [-0.2, -0.15) is 5.10 Å². The van der Waals surface area contributed by atoms with Crippen LogP contribution in [0.1, 0.15) is 5.82 Å². The summed E-state index contributed by atoms with van der Waals surface area (Å²) in [6.45, 7) is 0.749. The molecule has 0 saturated carbocycles. The summed E-state index contributed by atoms with van der Waals surface area (Å²) in [5.41, 5.74) is 0. The maximum atomic E-state index is 4.15. The standard InChI is InChI=1S/C10H15N7/c1-17(2)10-5-9(12-6-14-10)11-4-3-8-13-7-15-16-8/h5-7H,3-4H2,1-2H3,(H,11,12,14)(H,13,15,16). The second kappa shape index (κ2) is 5.24. The van der Waals surface area contributed by atoms with Gasteiger partial charge in [-0.05, 0) is 0 Å². The first-order chi connectivity index (χ1) is 8.25. The van der Waals surface area contributed by atoms with Gasteiger partial charge in [-0.1, -0.05) is 0 Å². The van der Waals surface area contributed by atoms with Gasteiger partial charge >= 0.3 is 0 Å². The second-order valence-corrected chi connectivity index (χ2v) is 3.76. The van der Waals surface area contributed by atoms with Crippen LogP contribution in [0.4, 0.5) is 11.6 Å². The molecule has 0 spiro atoms. The molecule has 2 N–H and O–H groups in total. The number of aromatic amines is 1. The van der Waals surface area contributed by atoms with E-state index in [1.54, 1.807) is 6.33 Å². The minimum atomic E-state index is 0.749. The summed E-state index contributed by atoms with van der Waals surface area (Å²) in [7, 11) is 3.89. The lowest BCUT2D eigenvalue weighted by Crippen LogP contribution is -2.12. The Hall–Kier alpha value is -2.18. The van der Waals surface area contributed by atoms with Gasteiger partial charge in [0, 0.05) is 33.1 Å². The highest BCUT2D eigenvalue weighted by molar-refractivity contribution is 5.47. The van der Waals surface area contributed by atoms with Crippen LogP contribution in [0.5, 0.6) is 0 Å². The van der Waals surface area contributed by atoms with Crippen molar-refractivity contribution in [1.29, 1.82) is 0 Å². The fraction of sp³-hybridized carbons (Fsp3) is 0.400. The van der Waals surface area contributed by atoms with E-state index in [-0.39, 0.29) is 0 Å². The van der Waals surface area contributed by atoms with Gasteiger partial charge in [-0.25, -0.2) is 15.0 Å². The topological polar surface area (TPSA) is 82.6 Å². The minimum absolute atomic E-state index is 0.749. The zero-order valence-electron chi connectivity index (χ0n) is 9.88.